The molecule has 0 bridgehead atoms. The van der Waals surface area contributed by atoms with Gasteiger partial charge in [0.25, 0.3) is 0 Å². The Kier molecular flexibility index (Phi) is 4.65. The highest BCUT2D eigenvalue weighted by molar-refractivity contribution is 7.11. The first-order chi connectivity index (χ1) is 9.51. The lowest BCUT2D eigenvalue weighted by molar-refractivity contribution is 0.340. The van der Waals surface area contributed by atoms with Gasteiger partial charge in [0, 0.05) is 10.6 Å². The summed E-state index contributed by atoms with van der Waals surface area (Å²) in [7, 11) is 0. The standard InChI is InChI=1S/C16H22N2OS/c1-6-19-14-7-8-15(10(2)9-14)18-12(4)16-11(3)17-13(5)20-16/h7-9,12,18H,6H2,1-5H3. The number of nitrogens with one attached hydrogen (secondary N) is 1. The fourth-order valence-corrected chi connectivity index (χ4v) is 3.23. The Labute approximate surface area is 125 Å². The Morgan fingerprint density at radius 2 is 2.05 bits per heavy atom. The molecule has 0 fully saturated rings. The van der Waals surface area contributed by atoms with E-state index >= 15 is 0 Å². The van der Waals surface area contributed by atoms with Crippen LogP contribution in [0.4, 0.5) is 5.69 Å². The van der Waals surface area contributed by atoms with E-state index in [2.05, 4.69) is 50.1 Å². The summed E-state index contributed by atoms with van der Waals surface area (Å²) < 4.78 is 5.52. The van der Waals surface area contributed by atoms with Crippen LogP contribution in [0.25, 0.3) is 0 Å². The van der Waals surface area contributed by atoms with E-state index in [4.69, 9.17) is 4.74 Å². The lowest BCUT2D eigenvalue weighted by Gasteiger charge is -2.17. The number of anilines is 1. The number of rotatable bonds is 5. The maximum atomic E-state index is 5.52. The van der Waals surface area contributed by atoms with E-state index < -0.39 is 0 Å². The van der Waals surface area contributed by atoms with Crippen LogP contribution in [-0.4, -0.2) is 11.6 Å². The summed E-state index contributed by atoms with van der Waals surface area (Å²) in [5, 5.41) is 4.68. The molecule has 1 atom stereocenters. The lowest BCUT2D eigenvalue weighted by Crippen LogP contribution is -2.07. The molecule has 1 aromatic heterocycles. The highest BCUT2D eigenvalue weighted by Gasteiger charge is 2.13. The molecule has 20 heavy (non-hydrogen) atoms. The molecule has 0 radical (unpaired) electrons. The predicted octanol–water partition coefficient (Wildman–Crippen LogP) is 4.64. The largest absolute Gasteiger partial charge is 0.494 e. The summed E-state index contributed by atoms with van der Waals surface area (Å²) in [6.07, 6.45) is 0. The molecule has 3 nitrogen and oxygen atoms in total. The topological polar surface area (TPSA) is 34.1 Å². The lowest BCUT2D eigenvalue weighted by atomic mass is 10.1. The monoisotopic (exact) mass is 290 g/mol. The van der Waals surface area contributed by atoms with Gasteiger partial charge >= 0.3 is 0 Å². The number of aromatic nitrogens is 1. The fraction of sp³-hybridized carbons (Fsp3) is 0.438. The van der Waals surface area contributed by atoms with E-state index in [-0.39, 0.29) is 6.04 Å². The molecule has 1 unspecified atom stereocenters. The summed E-state index contributed by atoms with van der Waals surface area (Å²) in [5.41, 5.74) is 3.46. The third-order valence-corrected chi connectivity index (χ3v) is 4.47. The molecule has 0 aliphatic carbocycles. The van der Waals surface area contributed by atoms with Gasteiger partial charge in [-0.1, -0.05) is 0 Å². The minimum Gasteiger partial charge on any atom is -0.494 e. The van der Waals surface area contributed by atoms with Gasteiger partial charge in [-0.05, 0) is 58.4 Å². The van der Waals surface area contributed by atoms with E-state index in [0.717, 1.165) is 22.1 Å². The number of hydrogen-bond acceptors (Lipinski definition) is 4. The molecule has 0 saturated heterocycles. The highest BCUT2D eigenvalue weighted by atomic mass is 32.1. The van der Waals surface area contributed by atoms with Gasteiger partial charge in [0.1, 0.15) is 5.75 Å². The van der Waals surface area contributed by atoms with Gasteiger partial charge in [-0.2, -0.15) is 0 Å². The second kappa shape index (κ2) is 6.27. The van der Waals surface area contributed by atoms with Crippen molar-refractivity contribution in [2.45, 2.75) is 40.7 Å². The fourth-order valence-electron chi connectivity index (χ4n) is 2.30. The van der Waals surface area contributed by atoms with Gasteiger partial charge in [-0.15, -0.1) is 11.3 Å². The predicted molar refractivity (Wildman–Crippen MR) is 86.0 cm³/mol. The van der Waals surface area contributed by atoms with Crippen LogP contribution in [0.5, 0.6) is 5.75 Å². The first-order valence-corrected chi connectivity index (χ1v) is 7.76. The van der Waals surface area contributed by atoms with E-state index in [0.29, 0.717) is 6.61 Å². The van der Waals surface area contributed by atoms with Gasteiger partial charge in [-0.25, -0.2) is 4.98 Å². The van der Waals surface area contributed by atoms with Crippen LogP contribution in [-0.2, 0) is 0 Å². The third-order valence-electron chi connectivity index (χ3n) is 3.21. The van der Waals surface area contributed by atoms with E-state index in [1.165, 1.54) is 10.4 Å². The molecule has 1 N–H and O–H groups in total. The first-order valence-electron chi connectivity index (χ1n) is 6.95. The van der Waals surface area contributed by atoms with E-state index in [9.17, 15) is 0 Å². The van der Waals surface area contributed by atoms with Gasteiger partial charge in [0.2, 0.25) is 0 Å². The molecule has 1 heterocycles. The third kappa shape index (κ3) is 3.31. The van der Waals surface area contributed by atoms with Gasteiger partial charge < -0.3 is 10.1 Å². The quantitative estimate of drug-likeness (QED) is 0.871. The molecule has 0 spiro atoms. The smallest absolute Gasteiger partial charge is 0.119 e. The first kappa shape index (κ1) is 14.9. The second-order valence-corrected chi connectivity index (χ2v) is 6.19. The summed E-state index contributed by atoms with van der Waals surface area (Å²) in [6, 6.07) is 6.43. The van der Waals surface area contributed by atoms with E-state index in [1.54, 1.807) is 11.3 Å². The molecule has 2 rings (SSSR count). The summed E-state index contributed by atoms with van der Waals surface area (Å²) in [6.45, 7) is 11.1. The van der Waals surface area contributed by atoms with Gasteiger partial charge in [0.15, 0.2) is 0 Å². The molecule has 4 heteroatoms. The summed E-state index contributed by atoms with van der Waals surface area (Å²) >= 11 is 1.76. The minimum atomic E-state index is 0.262. The van der Waals surface area contributed by atoms with Crippen LogP contribution >= 0.6 is 11.3 Å². The van der Waals surface area contributed by atoms with E-state index in [1.807, 2.05) is 13.0 Å². The van der Waals surface area contributed by atoms with Crippen molar-refractivity contribution < 1.29 is 4.74 Å². The zero-order valence-corrected chi connectivity index (χ0v) is 13.6. The Hall–Kier alpha value is -1.55. The number of hydrogen-bond donors (Lipinski definition) is 1. The molecule has 0 aliphatic rings. The van der Waals surface area contributed by atoms with Crippen molar-refractivity contribution in [3.63, 3.8) is 0 Å². The van der Waals surface area contributed by atoms with Crippen LogP contribution in [0.1, 0.15) is 41.0 Å². The van der Waals surface area contributed by atoms with Crippen LogP contribution in [0.15, 0.2) is 18.2 Å². The van der Waals surface area contributed by atoms with Crippen molar-refractivity contribution >= 4 is 17.0 Å². The average Bonchev–Trinajstić information content (AvgIpc) is 2.72. The second-order valence-electron chi connectivity index (χ2n) is 4.96. The molecule has 108 valence electrons. The molecular weight excluding hydrogens is 268 g/mol. The Morgan fingerprint density at radius 3 is 2.60 bits per heavy atom. The van der Waals surface area contributed by atoms with Crippen LogP contribution in [0.3, 0.4) is 0 Å². The molecular formula is C16H22N2OS. The SMILES string of the molecule is CCOc1ccc(NC(C)c2sc(C)nc2C)c(C)c1. The molecule has 1 aromatic carbocycles. The van der Waals surface area contributed by atoms with Crippen LogP contribution in [0, 0.1) is 20.8 Å². The average molecular weight is 290 g/mol. The number of thiazole rings is 1. The minimum absolute atomic E-state index is 0.262. The number of nitrogens with zero attached hydrogens (tertiary/aromatic N) is 1. The Bertz CT molecular complexity index is 592. The Morgan fingerprint density at radius 1 is 1.30 bits per heavy atom. The Balaban J connectivity index is 2.15. The van der Waals surface area contributed by atoms with Gasteiger partial charge in [-0.3, -0.25) is 0 Å². The highest BCUT2D eigenvalue weighted by Crippen LogP contribution is 2.29. The maximum absolute atomic E-state index is 5.52. The van der Waals surface area contributed by atoms with Crippen LogP contribution in [0.2, 0.25) is 0 Å². The number of ether oxygens (including phenoxy) is 1. The maximum Gasteiger partial charge on any atom is 0.119 e. The van der Waals surface area contributed by atoms with Crippen molar-refractivity contribution in [2.24, 2.45) is 0 Å². The van der Waals surface area contributed by atoms with Crippen molar-refractivity contribution in [1.29, 1.82) is 0 Å². The molecule has 0 saturated carbocycles. The van der Waals surface area contributed by atoms with Crippen molar-refractivity contribution in [3.05, 3.63) is 39.3 Å². The summed E-state index contributed by atoms with van der Waals surface area (Å²) in [5.74, 6) is 0.924. The van der Waals surface area contributed by atoms with Crippen molar-refractivity contribution in [1.82, 2.24) is 4.98 Å². The molecule has 0 amide bonds. The van der Waals surface area contributed by atoms with Crippen LogP contribution < -0.4 is 10.1 Å². The zero-order valence-electron chi connectivity index (χ0n) is 12.8. The summed E-state index contributed by atoms with van der Waals surface area (Å²) in [4.78, 5) is 5.79. The van der Waals surface area contributed by atoms with Gasteiger partial charge in [0.05, 0.1) is 23.4 Å². The van der Waals surface area contributed by atoms with Crippen molar-refractivity contribution in [3.8, 4) is 5.75 Å². The normalized spacial score (nSPS) is 12.2. The molecule has 2 aromatic rings. The van der Waals surface area contributed by atoms with Crippen molar-refractivity contribution in [2.75, 3.05) is 11.9 Å². The molecule has 0 aliphatic heterocycles. The number of benzene rings is 1. The zero-order chi connectivity index (χ0) is 14.7. The number of aryl methyl sites for hydroxylation is 3.